The van der Waals surface area contributed by atoms with Crippen molar-refractivity contribution in [3.05, 3.63) is 71.3 Å². The average Bonchev–Trinajstić information content (AvgIpc) is 3.01. The molecule has 1 fully saturated rings. The molecule has 1 aliphatic rings. The van der Waals surface area contributed by atoms with Gasteiger partial charge in [0.2, 0.25) is 0 Å². The summed E-state index contributed by atoms with van der Waals surface area (Å²) in [5.74, 6) is 0.710. The van der Waals surface area contributed by atoms with Crippen LogP contribution in [-0.4, -0.2) is 67.2 Å². The normalized spacial score (nSPS) is 17.5. The van der Waals surface area contributed by atoms with Crippen LogP contribution in [0, 0.1) is 0 Å². The standard InChI is InChI=1S/C26H39N5O.HI/c1-4-27-25(29-21-26(2,32)24-9-6-5-7-10-24)28-19-22-11-13-23(14-12-22)20-31-16-8-15-30(3)17-18-31;/h5-7,9-14,32H,4,8,15-21H2,1-3H3,(H2,27,28,29);1H. The zero-order valence-corrected chi connectivity index (χ0v) is 22.6. The summed E-state index contributed by atoms with van der Waals surface area (Å²) >= 11 is 0. The van der Waals surface area contributed by atoms with Gasteiger partial charge in [-0.3, -0.25) is 4.90 Å². The monoisotopic (exact) mass is 565 g/mol. The van der Waals surface area contributed by atoms with Crippen molar-refractivity contribution in [3.8, 4) is 0 Å². The van der Waals surface area contributed by atoms with Gasteiger partial charge in [0.25, 0.3) is 0 Å². The van der Waals surface area contributed by atoms with Crippen LogP contribution >= 0.6 is 24.0 Å². The minimum Gasteiger partial charge on any atom is -0.384 e. The lowest BCUT2D eigenvalue weighted by molar-refractivity contribution is 0.0617. The van der Waals surface area contributed by atoms with Crippen molar-refractivity contribution >= 4 is 29.9 Å². The molecule has 6 nitrogen and oxygen atoms in total. The second-order valence-corrected chi connectivity index (χ2v) is 8.94. The van der Waals surface area contributed by atoms with Gasteiger partial charge in [0.1, 0.15) is 5.60 Å². The summed E-state index contributed by atoms with van der Waals surface area (Å²) in [7, 11) is 2.21. The van der Waals surface area contributed by atoms with Crippen molar-refractivity contribution in [1.29, 1.82) is 0 Å². The number of likely N-dealkylation sites (N-methyl/N-ethyl adjacent to an activating group) is 1. The first-order chi connectivity index (χ1) is 15.5. The number of nitrogens with one attached hydrogen (secondary N) is 2. The molecule has 3 rings (SSSR count). The van der Waals surface area contributed by atoms with E-state index in [2.05, 4.69) is 51.7 Å². The number of nitrogens with zero attached hydrogens (tertiary/aromatic N) is 3. The van der Waals surface area contributed by atoms with Gasteiger partial charge >= 0.3 is 0 Å². The van der Waals surface area contributed by atoms with Gasteiger partial charge in [0.15, 0.2) is 5.96 Å². The van der Waals surface area contributed by atoms with Gasteiger partial charge in [-0.05, 0) is 57.1 Å². The Balaban J connectivity index is 0.00000385. The molecule has 0 bridgehead atoms. The van der Waals surface area contributed by atoms with Crippen molar-refractivity contribution in [1.82, 2.24) is 20.4 Å². The number of rotatable bonds is 8. The van der Waals surface area contributed by atoms with Crippen LogP contribution < -0.4 is 10.6 Å². The van der Waals surface area contributed by atoms with E-state index in [1.807, 2.05) is 44.2 Å². The number of guanidine groups is 1. The molecule has 7 heteroatoms. The minimum absolute atomic E-state index is 0. The van der Waals surface area contributed by atoms with Crippen molar-refractivity contribution in [2.45, 2.75) is 39.0 Å². The third-order valence-corrected chi connectivity index (χ3v) is 6.00. The summed E-state index contributed by atoms with van der Waals surface area (Å²) in [4.78, 5) is 9.67. The van der Waals surface area contributed by atoms with Crippen molar-refractivity contribution in [3.63, 3.8) is 0 Å². The Kier molecular flexibility index (Phi) is 11.6. The van der Waals surface area contributed by atoms with E-state index < -0.39 is 5.60 Å². The molecule has 0 amide bonds. The lowest BCUT2D eigenvalue weighted by atomic mass is 9.96. The third kappa shape index (κ3) is 9.23. The van der Waals surface area contributed by atoms with Crippen molar-refractivity contribution < 1.29 is 5.11 Å². The maximum absolute atomic E-state index is 10.8. The van der Waals surface area contributed by atoms with E-state index in [4.69, 9.17) is 4.99 Å². The predicted octanol–water partition coefficient (Wildman–Crippen LogP) is 3.40. The largest absolute Gasteiger partial charge is 0.384 e. The molecule has 33 heavy (non-hydrogen) atoms. The molecule has 0 saturated carbocycles. The predicted molar refractivity (Wildman–Crippen MR) is 148 cm³/mol. The molecule has 0 aromatic heterocycles. The molecule has 2 aromatic carbocycles. The number of hydrogen-bond acceptors (Lipinski definition) is 4. The Hall–Kier alpha value is -1.68. The van der Waals surface area contributed by atoms with Gasteiger partial charge in [0, 0.05) is 26.2 Å². The molecular formula is C26H40IN5O. The number of hydrogen-bond donors (Lipinski definition) is 3. The fraction of sp³-hybridized carbons (Fsp3) is 0.500. The first-order valence-corrected chi connectivity index (χ1v) is 11.7. The van der Waals surface area contributed by atoms with Gasteiger partial charge in [-0.15, -0.1) is 24.0 Å². The van der Waals surface area contributed by atoms with Gasteiger partial charge < -0.3 is 20.6 Å². The van der Waals surface area contributed by atoms with Crippen LogP contribution in [-0.2, 0) is 18.7 Å². The first-order valence-electron chi connectivity index (χ1n) is 11.7. The fourth-order valence-corrected chi connectivity index (χ4v) is 3.93. The van der Waals surface area contributed by atoms with Crippen LogP contribution in [0.1, 0.15) is 37.0 Å². The van der Waals surface area contributed by atoms with Crippen molar-refractivity contribution in [2.75, 3.05) is 46.3 Å². The maximum atomic E-state index is 10.8. The number of benzene rings is 2. The molecule has 1 unspecified atom stereocenters. The van der Waals surface area contributed by atoms with Crippen LogP contribution in [0.2, 0.25) is 0 Å². The van der Waals surface area contributed by atoms with E-state index in [1.54, 1.807) is 0 Å². The Bertz CT molecular complexity index is 842. The minimum atomic E-state index is -0.971. The van der Waals surface area contributed by atoms with Gasteiger partial charge in [0.05, 0.1) is 13.1 Å². The highest BCUT2D eigenvalue weighted by Gasteiger charge is 2.23. The second kappa shape index (κ2) is 13.9. The molecule has 1 saturated heterocycles. The highest BCUT2D eigenvalue weighted by atomic mass is 127. The summed E-state index contributed by atoms with van der Waals surface area (Å²) in [6.45, 7) is 11.3. The lowest BCUT2D eigenvalue weighted by Crippen LogP contribution is -2.44. The maximum Gasteiger partial charge on any atom is 0.191 e. The van der Waals surface area contributed by atoms with Gasteiger partial charge in [-0.1, -0.05) is 54.6 Å². The highest BCUT2D eigenvalue weighted by Crippen LogP contribution is 2.19. The molecule has 0 radical (unpaired) electrons. The SMILES string of the molecule is CCNC(=NCc1ccc(CN2CCCN(C)CC2)cc1)NCC(C)(O)c1ccccc1.I. The Morgan fingerprint density at radius 3 is 2.36 bits per heavy atom. The molecule has 2 aromatic rings. The molecule has 0 spiro atoms. The highest BCUT2D eigenvalue weighted by molar-refractivity contribution is 14.0. The molecule has 3 N–H and O–H groups in total. The summed E-state index contributed by atoms with van der Waals surface area (Å²) in [5.41, 5.74) is 2.44. The van der Waals surface area contributed by atoms with Crippen LogP contribution in [0.3, 0.4) is 0 Å². The van der Waals surface area contributed by atoms with Crippen LogP contribution in [0.15, 0.2) is 59.6 Å². The number of aliphatic imine (C=N–C) groups is 1. The molecule has 182 valence electrons. The summed E-state index contributed by atoms with van der Waals surface area (Å²) in [6.07, 6.45) is 1.24. The summed E-state index contributed by atoms with van der Waals surface area (Å²) in [5, 5.41) is 17.4. The Morgan fingerprint density at radius 2 is 1.67 bits per heavy atom. The van der Waals surface area contributed by atoms with E-state index >= 15 is 0 Å². The summed E-state index contributed by atoms with van der Waals surface area (Å²) < 4.78 is 0. The van der Waals surface area contributed by atoms with Crippen molar-refractivity contribution in [2.24, 2.45) is 4.99 Å². The van der Waals surface area contributed by atoms with Crippen LogP contribution in [0.25, 0.3) is 0 Å². The van der Waals surface area contributed by atoms with Gasteiger partial charge in [-0.25, -0.2) is 4.99 Å². The molecular weight excluding hydrogens is 525 g/mol. The number of halogens is 1. The zero-order chi connectivity index (χ0) is 22.8. The summed E-state index contributed by atoms with van der Waals surface area (Å²) in [6, 6.07) is 18.5. The topological polar surface area (TPSA) is 63.1 Å². The molecule has 1 heterocycles. The van der Waals surface area contributed by atoms with E-state index in [1.165, 1.54) is 30.6 Å². The van der Waals surface area contributed by atoms with Crippen LogP contribution in [0.5, 0.6) is 0 Å². The van der Waals surface area contributed by atoms with Gasteiger partial charge in [-0.2, -0.15) is 0 Å². The van der Waals surface area contributed by atoms with E-state index in [-0.39, 0.29) is 24.0 Å². The third-order valence-electron chi connectivity index (χ3n) is 6.00. The number of aliphatic hydroxyl groups is 1. The zero-order valence-electron chi connectivity index (χ0n) is 20.3. The van der Waals surface area contributed by atoms with E-state index in [0.29, 0.717) is 19.0 Å². The molecule has 1 aliphatic heterocycles. The first kappa shape index (κ1) is 27.6. The second-order valence-electron chi connectivity index (χ2n) is 8.94. The smallest absolute Gasteiger partial charge is 0.191 e. The average molecular weight is 566 g/mol. The molecule has 1 atom stereocenters. The lowest BCUT2D eigenvalue weighted by Gasteiger charge is -2.25. The quantitative estimate of drug-likeness (QED) is 0.260. The fourth-order valence-electron chi connectivity index (χ4n) is 3.93. The van der Waals surface area contributed by atoms with E-state index in [9.17, 15) is 5.11 Å². The Labute approximate surface area is 216 Å². The van der Waals surface area contributed by atoms with E-state index in [0.717, 1.165) is 31.7 Å². The Morgan fingerprint density at radius 1 is 0.970 bits per heavy atom. The van der Waals surface area contributed by atoms with Crippen LogP contribution in [0.4, 0.5) is 0 Å². The molecule has 0 aliphatic carbocycles.